The first-order valence-electron chi connectivity index (χ1n) is 9.23. The molecular formula is C21H23F3N2O4. The van der Waals surface area contributed by atoms with Crippen LogP contribution in [-0.4, -0.2) is 44.0 Å². The van der Waals surface area contributed by atoms with Crippen molar-refractivity contribution in [1.29, 1.82) is 0 Å². The monoisotopic (exact) mass is 424 g/mol. The predicted molar refractivity (Wildman–Crippen MR) is 104 cm³/mol. The molecule has 30 heavy (non-hydrogen) atoms. The SMILES string of the molecule is CCOC(=O)C(NCCc1ccccc1)(NC(=O)c1ccc(OC)cc1)C(F)(F)F. The van der Waals surface area contributed by atoms with Gasteiger partial charge in [-0.3, -0.25) is 10.1 Å². The van der Waals surface area contributed by atoms with E-state index in [9.17, 15) is 22.8 Å². The lowest BCUT2D eigenvalue weighted by atomic mass is 10.1. The summed E-state index contributed by atoms with van der Waals surface area (Å²) < 4.78 is 51.8. The number of alkyl halides is 3. The summed E-state index contributed by atoms with van der Waals surface area (Å²) in [7, 11) is 1.42. The lowest BCUT2D eigenvalue weighted by molar-refractivity contribution is -0.218. The van der Waals surface area contributed by atoms with E-state index in [4.69, 9.17) is 4.74 Å². The fourth-order valence-corrected chi connectivity index (χ4v) is 2.72. The highest BCUT2D eigenvalue weighted by Crippen LogP contribution is 2.30. The standard InChI is InChI=1S/C21H23F3N2O4/c1-3-30-19(28)20(21(22,23)24,25-14-13-15-7-5-4-6-8-15)26-18(27)16-9-11-17(29-2)12-10-16/h4-12,25H,3,13-14H2,1-2H3,(H,26,27). The molecule has 2 rings (SSSR count). The Balaban J connectivity index is 2.29. The Morgan fingerprint density at radius 1 is 1.00 bits per heavy atom. The number of hydrogen-bond acceptors (Lipinski definition) is 5. The molecule has 0 aromatic heterocycles. The van der Waals surface area contributed by atoms with E-state index in [1.54, 1.807) is 35.6 Å². The van der Waals surface area contributed by atoms with Gasteiger partial charge in [-0.15, -0.1) is 0 Å². The second-order valence-electron chi connectivity index (χ2n) is 6.31. The molecule has 0 aliphatic heterocycles. The van der Waals surface area contributed by atoms with Crippen LogP contribution in [0.3, 0.4) is 0 Å². The third kappa shape index (κ3) is 5.50. The first-order valence-corrected chi connectivity index (χ1v) is 9.23. The van der Waals surface area contributed by atoms with Crippen LogP contribution in [0.2, 0.25) is 0 Å². The Kier molecular flexibility index (Phi) is 7.82. The molecule has 2 N–H and O–H groups in total. The van der Waals surface area contributed by atoms with Crippen LogP contribution >= 0.6 is 0 Å². The molecule has 0 fully saturated rings. The number of esters is 1. The van der Waals surface area contributed by atoms with Crippen LogP contribution < -0.4 is 15.4 Å². The van der Waals surface area contributed by atoms with E-state index in [-0.39, 0.29) is 25.1 Å². The molecule has 0 spiro atoms. The van der Waals surface area contributed by atoms with Crippen molar-refractivity contribution in [3.8, 4) is 5.75 Å². The summed E-state index contributed by atoms with van der Waals surface area (Å²) in [6.07, 6.45) is -4.95. The van der Waals surface area contributed by atoms with E-state index < -0.39 is 23.7 Å². The van der Waals surface area contributed by atoms with Gasteiger partial charge >= 0.3 is 12.1 Å². The first-order chi connectivity index (χ1) is 14.2. The van der Waals surface area contributed by atoms with Gasteiger partial charge in [0, 0.05) is 12.1 Å². The van der Waals surface area contributed by atoms with Crippen molar-refractivity contribution in [2.75, 3.05) is 20.3 Å². The van der Waals surface area contributed by atoms with Crippen molar-refractivity contribution in [2.24, 2.45) is 0 Å². The maximum atomic E-state index is 14.1. The molecule has 0 heterocycles. The fourth-order valence-electron chi connectivity index (χ4n) is 2.72. The smallest absolute Gasteiger partial charge is 0.436 e. The van der Waals surface area contributed by atoms with Crippen molar-refractivity contribution in [3.05, 3.63) is 65.7 Å². The lowest BCUT2D eigenvalue weighted by Gasteiger charge is -2.34. The van der Waals surface area contributed by atoms with Gasteiger partial charge in [-0.2, -0.15) is 13.2 Å². The maximum absolute atomic E-state index is 14.1. The van der Waals surface area contributed by atoms with Crippen molar-refractivity contribution >= 4 is 11.9 Å². The zero-order valence-corrected chi connectivity index (χ0v) is 16.6. The molecule has 2 aromatic carbocycles. The van der Waals surface area contributed by atoms with Crippen molar-refractivity contribution in [1.82, 2.24) is 10.6 Å². The summed E-state index contributed by atoms with van der Waals surface area (Å²) in [5.41, 5.74) is -2.69. The van der Waals surface area contributed by atoms with Crippen LogP contribution in [-0.2, 0) is 16.0 Å². The largest absolute Gasteiger partial charge is 0.497 e. The van der Waals surface area contributed by atoms with E-state index >= 15 is 0 Å². The van der Waals surface area contributed by atoms with Crippen LogP contribution in [0.25, 0.3) is 0 Å². The van der Waals surface area contributed by atoms with Gasteiger partial charge in [-0.25, -0.2) is 4.79 Å². The number of nitrogens with one attached hydrogen (secondary N) is 2. The molecule has 0 aliphatic rings. The number of amides is 1. The van der Waals surface area contributed by atoms with Crippen LogP contribution in [0.15, 0.2) is 54.6 Å². The number of carbonyl (C=O) groups excluding carboxylic acids is 2. The van der Waals surface area contributed by atoms with Gasteiger partial charge in [-0.05, 0) is 43.2 Å². The summed E-state index contributed by atoms with van der Waals surface area (Å²) in [6.45, 7) is 0.870. The Labute approximate surface area is 172 Å². The van der Waals surface area contributed by atoms with Gasteiger partial charge in [-0.1, -0.05) is 30.3 Å². The molecule has 1 amide bonds. The Hall–Kier alpha value is -3.07. The van der Waals surface area contributed by atoms with E-state index in [2.05, 4.69) is 10.1 Å². The van der Waals surface area contributed by atoms with Gasteiger partial charge in [0.25, 0.3) is 11.6 Å². The number of benzene rings is 2. The fraction of sp³-hybridized carbons (Fsp3) is 0.333. The summed E-state index contributed by atoms with van der Waals surface area (Å²) in [4.78, 5) is 24.9. The highest BCUT2D eigenvalue weighted by Gasteiger charge is 2.63. The number of hydrogen-bond donors (Lipinski definition) is 2. The Bertz CT molecular complexity index is 842. The normalized spacial score (nSPS) is 13.2. The second-order valence-corrected chi connectivity index (χ2v) is 6.31. The van der Waals surface area contributed by atoms with Gasteiger partial charge in [0.2, 0.25) is 0 Å². The zero-order valence-electron chi connectivity index (χ0n) is 16.6. The molecule has 9 heteroatoms. The zero-order chi connectivity index (χ0) is 22.2. The molecule has 0 saturated heterocycles. The minimum absolute atomic E-state index is 0.0708. The van der Waals surface area contributed by atoms with E-state index in [0.29, 0.717) is 5.75 Å². The lowest BCUT2D eigenvalue weighted by Crippen LogP contribution is -2.73. The maximum Gasteiger partial charge on any atom is 0.436 e. The molecule has 1 atom stereocenters. The minimum atomic E-state index is -5.15. The molecule has 1 unspecified atom stereocenters. The summed E-state index contributed by atoms with van der Waals surface area (Å²) in [5, 5.41) is 3.98. The van der Waals surface area contributed by atoms with Crippen molar-refractivity contribution in [3.63, 3.8) is 0 Å². The van der Waals surface area contributed by atoms with E-state index in [1.807, 2.05) is 0 Å². The van der Waals surface area contributed by atoms with Gasteiger partial charge < -0.3 is 14.8 Å². The molecule has 2 aromatic rings. The predicted octanol–water partition coefficient (Wildman–Crippen LogP) is 3.08. The summed E-state index contributed by atoms with van der Waals surface area (Å²) >= 11 is 0. The van der Waals surface area contributed by atoms with Crippen LogP contribution in [0.5, 0.6) is 5.75 Å². The van der Waals surface area contributed by atoms with Crippen LogP contribution in [0.1, 0.15) is 22.8 Å². The highest BCUT2D eigenvalue weighted by molar-refractivity contribution is 5.98. The second kappa shape index (κ2) is 10.1. The Morgan fingerprint density at radius 3 is 2.17 bits per heavy atom. The quantitative estimate of drug-likeness (QED) is 0.478. The summed E-state index contributed by atoms with van der Waals surface area (Å²) in [6, 6.07) is 14.2. The molecule has 0 bridgehead atoms. The average Bonchev–Trinajstić information content (AvgIpc) is 2.73. The third-order valence-corrected chi connectivity index (χ3v) is 4.31. The van der Waals surface area contributed by atoms with Gasteiger partial charge in [0.05, 0.1) is 13.7 Å². The van der Waals surface area contributed by atoms with Crippen LogP contribution in [0.4, 0.5) is 13.2 Å². The minimum Gasteiger partial charge on any atom is -0.497 e. The van der Waals surface area contributed by atoms with Crippen molar-refractivity contribution < 1.29 is 32.2 Å². The average molecular weight is 424 g/mol. The number of ether oxygens (including phenoxy) is 2. The third-order valence-electron chi connectivity index (χ3n) is 4.31. The molecule has 0 radical (unpaired) electrons. The molecular weight excluding hydrogens is 401 g/mol. The summed E-state index contributed by atoms with van der Waals surface area (Å²) in [5.74, 6) is -2.29. The first kappa shape index (κ1) is 23.2. The number of halogens is 3. The van der Waals surface area contributed by atoms with Crippen LogP contribution in [0, 0.1) is 0 Å². The van der Waals surface area contributed by atoms with Crippen molar-refractivity contribution in [2.45, 2.75) is 25.2 Å². The number of methoxy groups -OCH3 is 1. The van der Waals surface area contributed by atoms with Gasteiger partial charge in [0.1, 0.15) is 5.75 Å². The molecule has 162 valence electrons. The highest BCUT2D eigenvalue weighted by atomic mass is 19.4. The van der Waals surface area contributed by atoms with E-state index in [1.165, 1.54) is 38.3 Å². The van der Waals surface area contributed by atoms with E-state index in [0.717, 1.165) is 5.56 Å². The van der Waals surface area contributed by atoms with Gasteiger partial charge in [0.15, 0.2) is 0 Å². The number of carbonyl (C=O) groups is 2. The Morgan fingerprint density at radius 2 is 1.63 bits per heavy atom. The topological polar surface area (TPSA) is 76.7 Å². The molecule has 6 nitrogen and oxygen atoms in total. The molecule has 0 aliphatic carbocycles. The number of rotatable bonds is 9. The molecule has 0 saturated carbocycles.